The van der Waals surface area contributed by atoms with Crippen LogP contribution in [0.5, 0.6) is 11.5 Å². The van der Waals surface area contributed by atoms with Crippen molar-refractivity contribution in [1.82, 2.24) is 0 Å². The molecular weight excluding hydrogens is 636 g/mol. The SMILES string of the molecule is CC(C)CCCC(C)C1CCC2C3CCC4CC(CCCC(c5ccc(O)c(C(=O)O)c5)c5ccc(O)c(C(=O)O)c5)CCC4(C)C3CCC12C. The molecule has 6 rings (SSSR count). The van der Waals surface area contributed by atoms with Gasteiger partial charge in [0.2, 0.25) is 0 Å². The zero-order valence-corrected chi connectivity index (χ0v) is 31.9. The van der Waals surface area contributed by atoms with Crippen molar-refractivity contribution < 1.29 is 30.0 Å². The topological polar surface area (TPSA) is 115 Å². The Morgan fingerprint density at radius 2 is 1.33 bits per heavy atom. The lowest BCUT2D eigenvalue weighted by molar-refractivity contribution is -0.121. The zero-order chi connectivity index (χ0) is 36.7. The Labute approximate surface area is 306 Å². The van der Waals surface area contributed by atoms with E-state index in [1.54, 1.807) is 12.1 Å². The van der Waals surface area contributed by atoms with Crippen molar-refractivity contribution in [2.45, 2.75) is 137 Å². The molecule has 0 heterocycles. The van der Waals surface area contributed by atoms with E-state index in [1.165, 1.54) is 101 Å². The minimum absolute atomic E-state index is 0.163. The first-order valence-corrected chi connectivity index (χ1v) is 20.3. The van der Waals surface area contributed by atoms with E-state index in [2.05, 4.69) is 34.6 Å². The molecule has 51 heavy (non-hydrogen) atoms. The van der Waals surface area contributed by atoms with E-state index in [9.17, 15) is 30.0 Å². The summed E-state index contributed by atoms with van der Waals surface area (Å²) in [5.41, 5.74) is 2.10. The summed E-state index contributed by atoms with van der Waals surface area (Å²) in [5, 5.41) is 39.8. The predicted molar refractivity (Wildman–Crippen MR) is 202 cm³/mol. The van der Waals surface area contributed by atoms with Gasteiger partial charge in [0, 0.05) is 5.92 Å². The van der Waals surface area contributed by atoms with Crippen molar-refractivity contribution in [3.8, 4) is 11.5 Å². The normalized spacial score (nSPS) is 32.3. The lowest BCUT2D eigenvalue weighted by Gasteiger charge is -2.61. The van der Waals surface area contributed by atoms with Gasteiger partial charge in [-0.3, -0.25) is 0 Å². The molecule has 0 aliphatic heterocycles. The number of hydrogen-bond acceptors (Lipinski definition) is 4. The minimum atomic E-state index is -1.20. The van der Waals surface area contributed by atoms with Crippen LogP contribution in [-0.4, -0.2) is 32.4 Å². The monoisotopic (exact) mass is 700 g/mol. The molecule has 6 heteroatoms. The Hall–Kier alpha value is -3.02. The first-order valence-electron chi connectivity index (χ1n) is 20.3. The van der Waals surface area contributed by atoms with Gasteiger partial charge in [-0.15, -0.1) is 0 Å². The van der Waals surface area contributed by atoms with Crippen LogP contribution in [0.15, 0.2) is 36.4 Å². The lowest BCUT2D eigenvalue weighted by atomic mass is 9.44. The van der Waals surface area contributed by atoms with Gasteiger partial charge in [-0.1, -0.05) is 78.9 Å². The van der Waals surface area contributed by atoms with E-state index < -0.39 is 11.9 Å². The molecule has 9 atom stereocenters. The Bertz CT molecular complexity index is 1500. The number of carboxylic acid groups (broad SMARTS) is 2. The van der Waals surface area contributed by atoms with Crippen LogP contribution in [0, 0.1) is 58.2 Å². The van der Waals surface area contributed by atoms with Gasteiger partial charge in [-0.05, 0) is 158 Å². The van der Waals surface area contributed by atoms with Gasteiger partial charge in [-0.2, -0.15) is 0 Å². The minimum Gasteiger partial charge on any atom is -0.507 e. The number of rotatable bonds is 13. The summed E-state index contributed by atoms with van der Waals surface area (Å²) in [6.07, 6.45) is 19.3. The maximum atomic E-state index is 11.9. The summed E-state index contributed by atoms with van der Waals surface area (Å²) in [7, 11) is 0. The third kappa shape index (κ3) is 7.45. The molecule has 2 aromatic carbocycles. The van der Waals surface area contributed by atoms with Gasteiger partial charge in [0.25, 0.3) is 0 Å². The fourth-order valence-corrected chi connectivity index (χ4v) is 12.7. The fourth-order valence-electron chi connectivity index (χ4n) is 12.7. The number of carbonyl (C=O) groups is 2. The van der Waals surface area contributed by atoms with Crippen molar-refractivity contribution >= 4 is 11.9 Å². The van der Waals surface area contributed by atoms with E-state index in [1.807, 2.05) is 0 Å². The van der Waals surface area contributed by atoms with E-state index in [-0.39, 0.29) is 28.5 Å². The van der Waals surface area contributed by atoms with E-state index >= 15 is 0 Å². The first-order chi connectivity index (χ1) is 24.2. The Balaban J connectivity index is 1.10. The second-order valence-corrected chi connectivity index (χ2v) is 18.5. The second-order valence-electron chi connectivity index (χ2n) is 18.5. The average Bonchev–Trinajstić information content (AvgIpc) is 3.44. The van der Waals surface area contributed by atoms with E-state index in [0.29, 0.717) is 16.7 Å². The highest BCUT2D eigenvalue weighted by atomic mass is 16.4. The molecule has 0 amide bonds. The Morgan fingerprint density at radius 1 is 0.725 bits per heavy atom. The Kier molecular flexibility index (Phi) is 11.2. The third-order valence-electron chi connectivity index (χ3n) is 15.4. The van der Waals surface area contributed by atoms with E-state index in [0.717, 1.165) is 71.8 Å². The van der Waals surface area contributed by atoms with Gasteiger partial charge in [-0.25, -0.2) is 9.59 Å². The second kappa shape index (κ2) is 15.1. The van der Waals surface area contributed by atoms with Crippen LogP contribution in [0.25, 0.3) is 0 Å². The highest BCUT2D eigenvalue weighted by Gasteiger charge is 2.60. The highest BCUT2D eigenvalue weighted by molar-refractivity contribution is 5.91. The van der Waals surface area contributed by atoms with Crippen LogP contribution in [0.1, 0.15) is 169 Å². The van der Waals surface area contributed by atoms with Crippen LogP contribution in [-0.2, 0) is 0 Å². The smallest absolute Gasteiger partial charge is 0.339 e. The van der Waals surface area contributed by atoms with Crippen LogP contribution >= 0.6 is 0 Å². The molecule has 4 saturated carbocycles. The van der Waals surface area contributed by atoms with Crippen molar-refractivity contribution in [1.29, 1.82) is 0 Å². The summed E-state index contributed by atoms with van der Waals surface area (Å²) in [6, 6.07) is 9.32. The number of aromatic carboxylic acids is 2. The van der Waals surface area contributed by atoms with Crippen molar-refractivity contribution in [3.05, 3.63) is 58.7 Å². The summed E-state index contributed by atoms with van der Waals surface area (Å²) in [6.45, 7) is 12.7. The number of fused-ring (bicyclic) bond motifs is 5. The van der Waals surface area contributed by atoms with Crippen molar-refractivity contribution in [2.24, 2.45) is 58.2 Å². The molecule has 2 aromatic rings. The molecule has 9 unspecified atom stereocenters. The largest absolute Gasteiger partial charge is 0.507 e. The van der Waals surface area contributed by atoms with Gasteiger partial charge in [0.05, 0.1) is 0 Å². The van der Waals surface area contributed by atoms with Crippen LogP contribution in [0.2, 0.25) is 0 Å². The van der Waals surface area contributed by atoms with Crippen molar-refractivity contribution in [3.63, 3.8) is 0 Å². The molecule has 4 fully saturated rings. The molecule has 280 valence electrons. The maximum Gasteiger partial charge on any atom is 0.339 e. The molecule has 0 saturated heterocycles. The number of benzene rings is 2. The molecule has 6 nitrogen and oxygen atoms in total. The highest BCUT2D eigenvalue weighted by Crippen LogP contribution is 2.69. The summed E-state index contributed by atoms with van der Waals surface area (Å²) < 4.78 is 0. The summed E-state index contributed by atoms with van der Waals surface area (Å²) in [4.78, 5) is 23.7. The first kappa shape index (κ1) is 37.7. The van der Waals surface area contributed by atoms with Crippen LogP contribution < -0.4 is 0 Å². The molecule has 4 N–H and O–H groups in total. The standard InChI is InChI=1S/C45H64O6/c1-27(2)8-6-9-28(3)37-16-17-38-34-15-14-32-24-29(20-22-44(32,4)39(34)21-23-45(37,38)5)10-7-11-33(30-12-18-40(46)35(25-30)42(48)49)31-13-19-41(47)36(26-31)43(50)51/h12-13,18-19,25-29,32-34,37-39,46-47H,6-11,14-17,20-24H2,1-5H3,(H,48,49)(H,50,51). The molecule has 4 aliphatic carbocycles. The molecular formula is C45H64O6. The quantitative estimate of drug-likeness (QED) is 0.165. The van der Waals surface area contributed by atoms with Gasteiger partial charge in [0.1, 0.15) is 22.6 Å². The average molecular weight is 701 g/mol. The number of aromatic hydroxyl groups is 2. The number of phenols is 2. The summed E-state index contributed by atoms with van der Waals surface area (Å²) >= 11 is 0. The van der Waals surface area contributed by atoms with Crippen LogP contribution in [0.3, 0.4) is 0 Å². The zero-order valence-electron chi connectivity index (χ0n) is 31.9. The molecule has 4 aliphatic rings. The van der Waals surface area contributed by atoms with Gasteiger partial charge in [0.15, 0.2) is 0 Å². The van der Waals surface area contributed by atoms with Gasteiger partial charge >= 0.3 is 11.9 Å². The molecule has 0 spiro atoms. The third-order valence-corrected chi connectivity index (χ3v) is 15.4. The van der Waals surface area contributed by atoms with Crippen LogP contribution in [0.4, 0.5) is 0 Å². The van der Waals surface area contributed by atoms with Gasteiger partial charge < -0.3 is 20.4 Å². The number of hydrogen-bond donors (Lipinski definition) is 4. The fraction of sp³-hybridized carbons (Fsp3) is 0.689. The van der Waals surface area contributed by atoms with E-state index in [4.69, 9.17) is 0 Å². The number of carboxylic acids is 2. The predicted octanol–water partition coefficient (Wildman–Crippen LogP) is 11.5. The molecule has 0 bridgehead atoms. The lowest BCUT2D eigenvalue weighted by Crippen LogP contribution is -2.53. The summed E-state index contributed by atoms with van der Waals surface area (Å²) in [5.74, 6) is 3.45. The molecule has 0 aromatic heterocycles. The Morgan fingerprint density at radius 3 is 1.94 bits per heavy atom. The molecule has 0 radical (unpaired) electrons. The maximum absolute atomic E-state index is 11.9. The van der Waals surface area contributed by atoms with Crippen molar-refractivity contribution in [2.75, 3.05) is 0 Å².